The number of hydrazine groups is 1. The normalized spacial score (nSPS) is 10.5. The molecule has 0 aliphatic carbocycles. The number of benzene rings is 1. The number of hydrogen-bond donors (Lipinski definition) is 4. The molecular formula is C26H41N3O5. The highest BCUT2D eigenvalue weighted by Crippen LogP contribution is 2.15. The molecule has 0 saturated heterocycles. The van der Waals surface area contributed by atoms with Gasteiger partial charge >= 0.3 is 5.97 Å². The highest BCUT2D eigenvalue weighted by atomic mass is 16.4. The van der Waals surface area contributed by atoms with Gasteiger partial charge in [-0.05, 0) is 18.6 Å². The van der Waals surface area contributed by atoms with Crippen molar-refractivity contribution in [2.24, 2.45) is 0 Å². The molecule has 0 bridgehead atoms. The standard InChI is InChI=1S/C26H41N3O5/c1-2-3-4-5-6-7-8-9-10-11-12-13-14-19-23(30)28-29-25(32)20-24(31)27-22-18-16-15-17-21(22)26(33)34/h15-18H,2-14,19-20H2,1H3,(H,27,31)(H,28,30)(H,29,32)(H,33,34). The van der Waals surface area contributed by atoms with E-state index in [4.69, 9.17) is 5.11 Å². The Labute approximate surface area is 203 Å². The number of nitrogens with one attached hydrogen (secondary N) is 3. The molecule has 34 heavy (non-hydrogen) atoms. The Bertz CT molecular complexity index is 767. The number of rotatable bonds is 18. The van der Waals surface area contributed by atoms with Crippen molar-refractivity contribution in [2.75, 3.05) is 5.32 Å². The molecule has 8 nitrogen and oxygen atoms in total. The van der Waals surface area contributed by atoms with Crippen LogP contribution >= 0.6 is 0 Å². The minimum atomic E-state index is -1.18. The second-order valence-corrected chi connectivity index (χ2v) is 8.66. The number of carboxylic acids is 1. The van der Waals surface area contributed by atoms with Crippen LogP contribution in [0, 0.1) is 0 Å². The molecule has 8 heteroatoms. The van der Waals surface area contributed by atoms with Crippen LogP contribution in [-0.2, 0) is 14.4 Å². The predicted molar refractivity (Wildman–Crippen MR) is 133 cm³/mol. The van der Waals surface area contributed by atoms with Crippen molar-refractivity contribution in [3.05, 3.63) is 29.8 Å². The largest absolute Gasteiger partial charge is 0.478 e. The molecule has 1 aromatic carbocycles. The van der Waals surface area contributed by atoms with E-state index in [9.17, 15) is 19.2 Å². The quantitative estimate of drug-likeness (QED) is 0.130. The van der Waals surface area contributed by atoms with Gasteiger partial charge in [-0.1, -0.05) is 96.1 Å². The third-order valence-corrected chi connectivity index (χ3v) is 5.60. The molecular weight excluding hydrogens is 434 g/mol. The van der Waals surface area contributed by atoms with Crippen LogP contribution in [0.15, 0.2) is 24.3 Å². The van der Waals surface area contributed by atoms with Gasteiger partial charge < -0.3 is 10.4 Å². The Hall–Kier alpha value is -2.90. The summed E-state index contributed by atoms with van der Waals surface area (Å²) in [5, 5.41) is 11.5. The van der Waals surface area contributed by atoms with Gasteiger partial charge in [0.2, 0.25) is 17.7 Å². The number of aromatic carboxylic acids is 1. The minimum Gasteiger partial charge on any atom is -0.478 e. The molecule has 190 valence electrons. The summed E-state index contributed by atoms with van der Waals surface area (Å²) in [7, 11) is 0. The number of hydrogen-bond acceptors (Lipinski definition) is 4. The number of carbonyl (C=O) groups excluding carboxylic acids is 3. The first-order valence-electron chi connectivity index (χ1n) is 12.6. The maximum Gasteiger partial charge on any atom is 0.337 e. The molecule has 3 amide bonds. The van der Waals surface area contributed by atoms with E-state index >= 15 is 0 Å². The number of para-hydroxylation sites is 1. The van der Waals surface area contributed by atoms with Gasteiger partial charge in [0.25, 0.3) is 0 Å². The molecule has 4 N–H and O–H groups in total. The van der Waals surface area contributed by atoms with Crippen LogP contribution in [0.3, 0.4) is 0 Å². The zero-order valence-electron chi connectivity index (χ0n) is 20.5. The van der Waals surface area contributed by atoms with Crippen molar-refractivity contribution in [3.63, 3.8) is 0 Å². The van der Waals surface area contributed by atoms with Crippen molar-refractivity contribution in [1.29, 1.82) is 0 Å². The summed E-state index contributed by atoms with van der Waals surface area (Å²) >= 11 is 0. The van der Waals surface area contributed by atoms with Crippen molar-refractivity contribution in [1.82, 2.24) is 10.9 Å². The third-order valence-electron chi connectivity index (χ3n) is 5.60. The summed E-state index contributed by atoms with van der Waals surface area (Å²) in [5.41, 5.74) is 4.57. The van der Waals surface area contributed by atoms with E-state index in [2.05, 4.69) is 23.1 Å². The topological polar surface area (TPSA) is 125 Å². The van der Waals surface area contributed by atoms with E-state index in [0.717, 1.165) is 19.3 Å². The summed E-state index contributed by atoms with van der Waals surface area (Å²) in [6.07, 6.45) is 15.7. The Morgan fingerprint density at radius 2 is 1.18 bits per heavy atom. The highest BCUT2D eigenvalue weighted by Gasteiger charge is 2.14. The monoisotopic (exact) mass is 475 g/mol. The van der Waals surface area contributed by atoms with Crippen LogP contribution < -0.4 is 16.2 Å². The average Bonchev–Trinajstić information content (AvgIpc) is 2.80. The molecule has 0 aromatic heterocycles. The van der Waals surface area contributed by atoms with Crippen LogP contribution in [0.4, 0.5) is 5.69 Å². The molecule has 0 unspecified atom stereocenters. The number of anilines is 1. The first-order valence-corrected chi connectivity index (χ1v) is 12.6. The van der Waals surface area contributed by atoms with Crippen molar-refractivity contribution in [3.8, 4) is 0 Å². The van der Waals surface area contributed by atoms with E-state index in [-0.39, 0.29) is 17.2 Å². The zero-order chi connectivity index (χ0) is 25.0. The smallest absolute Gasteiger partial charge is 0.337 e. The number of carbonyl (C=O) groups is 4. The molecule has 0 spiro atoms. The Balaban J connectivity index is 2.03. The lowest BCUT2D eigenvalue weighted by Crippen LogP contribution is -2.42. The number of amides is 3. The fourth-order valence-corrected chi connectivity index (χ4v) is 3.67. The van der Waals surface area contributed by atoms with Gasteiger partial charge in [-0.25, -0.2) is 4.79 Å². The highest BCUT2D eigenvalue weighted by molar-refractivity contribution is 6.06. The Kier molecular flexibility index (Phi) is 15.9. The Morgan fingerprint density at radius 1 is 0.676 bits per heavy atom. The van der Waals surface area contributed by atoms with Gasteiger partial charge in [-0.15, -0.1) is 0 Å². The molecule has 0 aliphatic rings. The van der Waals surface area contributed by atoms with Gasteiger partial charge in [0.05, 0.1) is 11.3 Å². The van der Waals surface area contributed by atoms with Crippen molar-refractivity contribution >= 4 is 29.4 Å². The van der Waals surface area contributed by atoms with Gasteiger partial charge in [-0.2, -0.15) is 0 Å². The molecule has 1 rings (SSSR count). The first-order chi connectivity index (χ1) is 16.4. The van der Waals surface area contributed by atoms with Gasteiger partial charge in [0, 0.05) is 6.42 Å². The van der Waals surface area contributed by atoms with Gasteiger partial charge in [0.15, 0.2) is 0 Å². The van der Waals surface area contributed by atoms with E-state index in [1.807, 2.05) is 0 Å². The van der Waals surface area contributed by atoms with Crippen molar-refractivity contribution in [2.45, 2.75) is 103 Å². The molecule has 0 heterocycles. The van der Waals surface area contributed by atoms with Gasteiger partial charge in [0.1, 0.15) is 6.42 Å². The van der Waals surface area contributed by atoms with E-state index in [1.54, 1.807) is 12.1 Å². The molecule has 0 saturated carbocycles. The van der Waals surface area contributed by atoms with Crippen LogP contribution in [0.25, 0.3) is 0 Å². The van der Waals surface area contributed by atoms with Crippen LogP contribution in [0.2, 0.25) is 0 Å². The maximum atomic E-state index is 12.0. The summed E-state index contributed by atoms with van der Waals surface area (Å²) in [5.74, 6) is -2.82. The number of carboxylic acid groups (broad SMARTS) is 1. The van der Waals surface area contributed by atoms with Gasteiger partial charge in [-0.3, -0.25) is 25.2 Å². The predicted octanol–water partition coefficient (Wildman–Crippen LogP) is 5.34. The first kappa shape index (κ1) is 29.1. The number of unbranched alkanes of at least 4 members (excludes halogenated alkanes) is 12. The van der Waals surface area contributed by atoms with Crippen LogP contribution in [-0.4, -0.2) is 28.8 Å². The van der Waals surface area contributed by atoms with E-state index in [0.29, 0.717) is 6.42 Å². The zero-order valence-corrected chi connectivity index (χ0v) is 20.5. The molecule has 0 radical (unpaired) electrons. The van der Waals surface area contributed by atoms with Crippen molar-refractivity contribution < 1.29 is 24.3 Å². The molecule has 0 atom stereocenters. The van der Waals surface area contributed by atoms with E-state index in [1.165, 1.54) is 76.3 Å². The van der Waals surface area contributed by atoms with E-state index < -0.39 is 24.2 Å². The third kappa shape index (κ3) is 14.3. The minimum absolute atomic E-state index is 0.0673. The Morgan fingerprint density at radius 3 is 1.74 bits per heavy atom. The molecule has 1 aromatic rings. The lowest BCUT2D eigenvalue weighted by molar-refractivity contribution is -0.131. The molecule has 0 aliphatic heterocycles. The van der Waals surface area contributed by atoms with Crippen LogP contribution in [0.5, 0.6) is 0 Å². The fourth-order valence-electron chi connectivity index (χ4n) is 3.67. The second kappa shape index (κ2) is 18.5. The maximum absolute atomic E-state index is 12.0. The summed E-state index contributed by atoms with van der Waals surface area (Å²) in [4.78, 5) is 46.8. The van der Waals surface area contributed by atoms with Crippen LogP contribution in [0.1, 0.15) is 114 Å². The lowest BCUT2D eigenvalue weighted by Gasteiger charge is -2.09. The summed E-state index contributed by atoms with van der Waals surface area (Å²) in [6, 6.07) is 5.92. The molecule has 0 fully saturated rings. The summed E-state index contributed by atoms with van der Waals surface area (Å²) in [6.45, 7) is 2.24. The fraction of sp³-hybridized carbons (Fsp3) is 0.615. The second-order valence-electron chi connectivity index (χ2n) is 8.66. The summed E-state index contributed by atoms with van der Waals surface area (Å²) < 4.78 is 0. The average molecular weight is 476 g/mol. The SMILES string of the molecule is CCCCCCCCCCCCCCCC(=O)NNC(=O)CC(=O)Nc1ccccc1C(=O)O. The lowest BCUT2D eigenvalue weighted by atomic mass is 10.0.